The van der Waals surface area contributed by atoms with Crippen LogP contribution in [-0.4, -0.2) is 17.8 Å². The Labute approximate surface area is 197 Å². The number of anilines is 1. The zero-order chi connectivity index (χ0) is 23.5. The molecule has 0 atom stereocenters. The first-order chi connectivity index (χ1) is 15.8. The van der Waals surface area contributed by atoms with Crippen molar-refractivity contribution in [2.45, 2.75) is 13.5 Å². The molecule has 0 unspecified atom stereocenters. The van der Waals surface area contributed by atoms with Gasteiger partial charge in [0.2, 0.25) is 0 Å². The number of amides is 4. The largest absolute Gasteiger partial charge is 0.488 e. The number of barbiturate groups is 1. The second kappa shape index (κ2) is 9.38. The number of ether oxygens (including phenoxy) is 1. The first kappa shape index (κ1) is 22.4. The van der Waals surface area contributed by atoms with E-state index in [0.29, 0.717) is 27.0 Å². The van der Waals surface area contributed by atoms with Crippen LogP contribution < -0.4 is 15.0 Å². The molecule has 1 aliphatic rings. The molecule has 0 radical (unpaired) electrons. The number of urea groups is 1. The third-order valence-corrected chi connectivity index (χ3v) is 5.41. The van der Waals surface area contributed by atoms with E-state index in [1.807, 2.05) is 13.0 Å². The van der Waals surface area contributed by atoms with Crippen LogP contribution in [0.1, 0.15) is 16.7 Å². The highest BCUT2D eigenvalue weighted by Gasteiger charge is 2.37. The number of carbonyl (C=O) groups is 3. The fraction of sp³-hybridized carbons (Fsp3) is 0.0800. The van der Waals surface area contributed by atoms with Gasteiger partial charge in [0.1, 0.15) is 23.7 Å². The van der Waals surface area contributed by atoms with Crippen LogP contribution in [-0.2, 0) is 16.2 Å². The van der Waals surface area contributed by atoms with Crippen LogP contribution in [0.2, 0.25) is 0 Å². The Balaban J connectivity index is 1.68. The number of benzene rings is 3. The van der Waals surface area contributed by atoms with Gasteiger partial charge in [-0.25, -0.2) is 14.1 Å². The summed E-state index contributed by atoms with van der Waals surface area (Å²) in [5, 5.41) is 2.21. The molecule has 6 nitrogen and oxygen atoms in total. The number of rotatable bonds is 5. The third-order valence-electron chi connectivity index (χ3n) is 4.92. The van der Waals surface area contributed by atoms with E-state index in [4.69, 9.17) is 4.74 Å². The number of nitrogens with one attached hydrogen (secondary N) is 1. The second-order valence-electron chi connectivity index (χ2n) is 7.40. The van der Waals surface area contributed by atoms with Gasteiger partial charge in [0.05, 0.1) is 5.69 Å². The number of nitrogens with zero attached hydrogens (tertiary/aromatic N) is 1. The van der Waals surface area contributed by atoms with Crippen LogP contribution in [0.15, 0.2) is 76.8 Å². The van der Waals surface area contributed by atoms with Gasteiger partial charge in [-0.15, -0.1) is 0 Å². The lowest BCUT2D eigenvalue weighted by Gasteiger charge is -2.26. The van der Waals surface area contributed by atoms with Crippen LogP contribution >= 0.6 is 15.9 Å². The molecule has 4 rings (SSSR count). The lowest BCUT2D eigenvalue weighted by atomic mass is 10.1. The maximum Gasteiger partial charge on any atom is 0.335 e. The molecule has 0 bridgehead atoms. The summed E-state index contributed by atoms with van der Waals surface area (Å²) in [6.07, 6.45) is 1.37. The molecule has 0 aromatic heterocycles. The van der Waals surface area contributed by atoms with Crippen molar-refractivity contribution in [3.05, 3.63) is 99.3 Å². The van der Waals surface area contributed by atoms with E-state index in [-0.39, 0.29) is 18.0 Å². The van der Waals surface area contributed by atoms with Crippen molar-refractivity contribution in [1.82, 2.24) is 5.32 Å². The van der Waals surface area contributed by atoms with E-state index < -0.39 is 17.8 Å². The van der Waals surface area contributed by atoms with Gasteiger partial charge >= 0.3 is 6.03 Å². The van der Waals surface area contributed by atoms with E-state index in [0.717, 1.165) is 10.5 Å². The van der Waals surface area contributed by atoms with Crippen LogP contribution in [0.5, 0.6) is 5.75 Å². The highest BCUT2D eigenvalue weighted by atomic mass is 79.9. The minimum Gasteiger partial charge on any atom is -0.488 e. The Bertz CT molecular complexity index is 1310. The number of hydrogen-bond acceptors (Lipinski definition) is 4. The van der Waals surface area contributed by atoms with Gasteiger partial charge in [-0.2, -0.15) is 0 Å². The third kappa shape index (κ3) is 5.01. The fourth-order valence-corrected chi connectivity index (χ4v) is 3.74. The van der Waals surface area contributed by atoms with Gasteiger partial charge in [0.25, 0.3) is 11.8 Å². The van der Waals surface area contributed by atoms with E-state index in [9.17, 15) is 18.8 Å². The van der Waals surface area contributed by atoms with Gasteiger partial charge < -0.3 is 4.74 Å². The van der Waals surface area contributed by atoms with Crippen molar-refractivity contribution in [2.24, 2.45) is 0 Å². The van der Waals surface area contributed by atoms with Crippen LogP contribution in [0.4, 0.5) is 14.9 Å². The molecule has 3 aromatic carbocycles. The standard InChI is InChI=1S/C25H18BrFN2O4/c1-15-4-2-7-20(10-15)29-24(31)21(23(30)28-25(29)32)13-17-12-18(26)8-9-22(17)33-14-16-5-3-6-19(27)11-16/h2-13H,14H2,1H3,(H,28,30,32)/b21-13+. The molecule has 4 amide bonds. The molecule has 1 fully saturated rings. The number of imide groups is 2. The molecule has 33 heavy (non-hydrogen) atoms. The number of halogens is 2. The fourth-order valence-electron chi connectivity index (χ4n) is 3.37. The predicted molar refractivity (Wildman–Crippen MR) is 125 cm³/mol. The minimum atomic E-state index is -0.815. The quantitative estimate of drug-likeness (QED) is 0.382. The molecule has 1 N–H and O–H groups in total. The normalized spacial score (nSPS) is 15.1. The summed E-state index contributed by atoms with van der Waals surface area (Å²) in [7, 11) is 0. The number of aryl methyl sites for hydroxylation is 1. The van der Waals surface area contributed by atoms with Crippen molar-refractivity contribution >= 4 is 45.5 Å². The summed E-state index contributed by atoms with van der Waals surface area (Å²) < 4.78 is 20.0. The van der Waals surface area contributed by atoms with Gasteiger partial charge in [-0.1, -0.05) is 40.2 Å². The highest BCUT2D eigenvalue weighted by molar-refractivity contribution is 9.10. The van der Waals surface area contributed by atoms with Gasteiger partial charge in [-0.05, 0) is 66.6 Å². The van der Waals surface area contributed by atoms with Gasteiger partial charge in [-0.3, -0.25) is 14.9 Å². The maximum absolute atomic E-state index is 13.5. The molecule has 8 heteroatoms. The molecular weight excluding hydrogens is 491 g/mol. The zero-order valence-corrected chi connectivity index (χ0v) is 19.1. The number of carbonyl (C=O) groups excluding carboxylic acids is 3. The average molecular weight is 509 g/mol. The molecule has 166 valence electrons. The SMILES string of the molecule is Cc1cccc(N2C(=O)NC(=O)/C(=C\c3cc(Br)ccc3OCc3cccc(F)c3)C2=O)c1. The first-order valence-corrected chi connectivity index (χ1v) is 10.8. The van der Waals surface area contributed by atoms with E-state index >= 15 is 0 Å². The van der Waals surface area contributed by atoms with Crippen molar-refractivity contribution < 1.29 is 23.5 Å². The Hall–Kier alpha value is -3.78. The topological polar surface area (TPSA) is 75.7 Å². The Morgan fingerprint density at radius 2 is 1.82 bits per heavy atom. The summed E-state index contributed by atoms with van der Waals surface area (Å²) in [6.45, 7) is 1.92. The molecule has 3 aromatic rings. The first-order valence-electron chi connectivity index (χ1n) is 9.97. The van der Waals surface area contributed by atoms with Crippen LogP contribution in [0.25, 0.3) is 6.08 Å². The summed E-state index contributed by atoms with van der Waals surface area (Å²) in [6, 6.07) is 17.1. The van der Waals surface area contributed by atoms with Crippen molar-refractivity contribution in [1.29, 1.82) is 0 Å². The van der Waals surface area contributed by atoms with Crippen LogP contribution in [0, 0.1) is 12.7 Å². The maximum atomic E-state index is 13.5. The average Bonchev–Trinajstić information content (AvgIpc) is 2.76. The number of hydrogen-bond donors (Lipinski definition) is 1. The molecule has 0 aliphatic carbocycles. The lowest BCUT2D eigenvalue weighted by molar-refractivity contribution is -0.122. The molecule has 1 heterocycles. The van der Waals surface area contributed by atoms with E-state index in [2.05, 4.69) is 21.2 Å². The van der Waals surface area contributed by atoms with Gasteiger partial charge in [0.15, 0.2) is 0 Å². The van der Waals surface area contributed by atoms with E-state index in [1.54, 1.807) is 48.5 Å². The predicted octanol–water partition coefficient (Wildman–Crippen LogP) is 5.14. The molecule has 0 spiro atoms. The molecular formula is C25H18BrFN2O4. The molecule has 1 aliphatic heterocycles. The smallest absolute Gasteiger partial charge is 0.335 e. The second-order valence-corrected chi connectivity index (χ2v) is 8.31. The lowest BCUT2D eigenvalue weighted by Crippen LogP contribution is -2.54. The summed E-state index contributed by atoms with van der Waals surface area (Å²) in [4.78, 5) is 39.0. The monoisotopic (exact) mass is 508 g/mol. The summed E-state index contributed by atoms with van der Waals surface area (Å²) in [5.41, 5.74) is 2.06. The molecule has 0 saturated carbocycles. The zero-order valence-electron chi connectivity index (χ0n) is 17.5. The minimum absolute atomic E-state index is 0.0869. The van der Waals surface area contributed by atoms with Crippen molar-refractivity contribution in [3.8, 4) is 5.75 Å². The summed E-state index contributed by atoms with van der Waals surface area (Å²) in [5.74, 6) is -1.54. The van der Waals surface area contributed by atoms with Crippen molar-refractivity contribution in [3.63, 3.8) is 0 Å². The Kier molecular flexibility index (Phi) is 6.37. The Morgan fingerprint density at radius 3 is 2.58 bits per heavy atom. The van der Waals surface area contributed by atoms with Crippen molar-refractivity contribution in [2.75, 3.05) is 4.90 Å². The molecule has 1 saturated heterocycles. The van der Waals surface area contributed by atoms with Gasteiger partial charge in [0, 0.05) is 10.0 Å². The van der Waals surface area contributed by atoms with E-state index in [1.165, 1.54) is 18.2 Å². The highest BCUT2D eigenvalue weighted by Crippen LogP contribution is 2.29. The summed E-state index contributed by atoms with van der Waals surface area (Å²) >= 11 is 3.38. The van der Waals surface area contributed by atoms with Crippen LogP contribution in [0.3, 0.4) is 0 Å². The Morgan fingerprint density at radius 1 is 1.03 bits per heavy atom.